The number of benzene rings is 2. The minimum Gasteiger partial charge on any atom is -0.352 e. The molecule has 2 aromatic carbocycles. The molecule has 0 radical (unpaired) electrons. The van der Waals surface area contributed by atoms with Gasteiger partial charge in [0.25, 0.3) is 5.56 Å². The van der Waals surface area contributed by atoms with Gasteiger partial charge in [0.2, 0.25) is 5.91 Å². The van der Waals surface area contributed by atoms with Crippen LogP contribution in [0.1, 0.15) is 37.6 Å². The summed E-state index contributed by atoms with van der Waals surface area (Å²) in [5.41, 5.74) is 1.80. The number of aryl methyl sites for hydroxylation is 2. The number of thiophene rings is 1. The summed E-state index contributed by atoms with van der Waals surface area (Å²) in [6.45, 7) is 5.61. The SMILES string of the molecule is Cc1nn([C@@H](C)C(=O)N[C@H](C)CCc2ccccc2)c(=O)c2c1sc1ccccc12. The predicted octanol–water partition coefficient (Wildman–Crippen LogP) is 4.62. The van der Waals surface area contributed by atoms with Crippen LogP contribution in [0, 0.1) is 6.92 Å². The number of nitrogens with zero attached hydrogens (tertiary/aromatic N) is 2. The van der Waals surface area contributed by atoms with Gasteiger partial charge in [-0.1, -0.05) is 48.5 Å². The lowest BCUT2D eigenvalue weighted by atomic mass is 10.1. The number of hydrogen-bond acceptors (Lipinski definition) is 4. The molecule has 0 aliphatic carbocycles. The van der Waals surface area contributed by atoms with Gasteiger partial charge >= 0.3 is 0 Å². The van der Waals surface area contributed by atoms with Crippen molar-refractivity contribution >= 4 is 37.4 Å². The first-order valence-corrected chi connectivity index (χ1v) is 11.0. The highest BCUT2D eigenvalue weighted by Gasteiger charge is 2.22. The third-order valence-corrected chi connectivity index (χ3v) is 6.73. The Morgan fingerprint density at radius 3 is 2.57 bits per heavy atom. The van der Waals surface area contributed by atoms with Gasteiger partial charge in [-0.05, 0) is 45.2 Å². The van der Waals surface area contributed by atoms with Gasteiger partial charge in [-0.25, -0.2) is 4.68 Å². The van der Waals surface area contributed by atoms with Gasteiger partial charge in [-0.2, -0.15) is 5.10 Å². The van der Waals surface area contributed by atoms with E-state index in [1.807, 2.05) is 56.3 Å². The topological polar surface area (TPSA) is 64.0 Å². The molecule has 4 rings (SSSR count). The fourth-order valence-corrected chi connectivity index (χ4v) is 4.85. The molecule has 2 aromatic heterocycles. The van der Waals surface area contributed by atoms with E-state index < -0.39 is 6.04 Å². The second-order valence-electron chi connectivity index (χ2n) is 7.75. The summed E-state index contributed by atoms with van der Waals surface area (Å²) in [5.74, 6) is -0.191. The molecule has 4 aromatic rings. The molecule has 2 atom stereocenters. The van der Waals surface area contributed by atoms with E-state index in [4.69, 9.17) is 0 Å². The standard InChI is InChI=1S/C24H25N3O2S/c1-15(13-14-18-9-5-4-6-10-18)25-23(28)17(3)27-24(29)21-19-11-7-8-12-20(19)30-22(21)16(2)26-27/h4-12,15,17H,13-14H2,1-3H3,(H,25,28)/t15-,17+/m1/s1. The van der Waals surface area contributed by atoms with E-state index in [0.29, 0.717) is 5.39 Å². The molecule has 1 amide bonds. The summed E-state index contributed by atoms with van der Waals surface area (Å²) in [7, 11) is 0. The van der Waals surface area contributed by atoms with Crippen LogP contribution in [0.2, 0.25) is 0 Å². The number of rotatable bonds is 6. The smallest absolute Gasteiger partial charge is 0.276 e. The molecule has 0 unspecified atom stereocenters. The van der Waals surface area contributed by atoms with E-state index in [9.17, 15) is 9.59 Å². The molecule has 0 aliphatic heterocycles. The molecular formula is C24H25N3O2S. The van der Waals surface area contributed by atoms with Crippen LogP contribution < -0.4 is 10.9 Å². The van der Waals surface area contributed by atoms with Crippen molar-refractivity contribution in [1.29, 1.82) is 0 Å². The summed E-state index contributed by atoms with van der Waals surface area (Å²) in [4.78, 5) is 26.1. The molecule has 0 spiro atoms. The molecule has 30 heavy (non-hydrogen) atoms. The average Bonchev–Trinajstić information content (AvgIpc) is 3.15. The van der Waals surface area contributed by atoms with Gasteiger partial charge in [-0.15, -0.1) is 11.3 Å². The van der Waals surface area contributed by atoms with Gasteiger partial charge in [0.15, 0.2) is 0 Å². The molecule has 154 valence electrons. The summed E-state index contributed by atoms with van der Waals surface area (Å²) in [5, 5.41) is 9.08. The Labute approximate surface area is 179 Å². The Kier molecular flexibility index (Phi) is 5.68. The van der Waals surface area contributed by atoms with Crippen molar-refractivity contribution in [2.75, 3.05) is 0 Å². The lowest BCUT2D eigenvalue weighted by Crippen LogP contribution is -2.41. The Morgan fingerprint density at radius 2 is 1.80 bits per heavy atom. The zero-order valence-electron chi connectivity index (χ0n) is 17.4. The first-order valence-electron chi connectivity index (χ1n) is 10.2. The second kappa shape index (κ2) is 8.40. The molecular weight excluding hydrogens is 394 g/mol. The Balaban J connectivity index is 1.55. The number of carbonyl (C=O) groups excluding carboxylic acids is 1. The molecule has 1 N–H and O–H groups in total. The molecule has 6 heteroatoms. The van der Waals surface area contributed by atoms with Crippen LogP contribution in [-0.4, -0.2) is 21.7 Å². The van der Waals surface area contributed by atoms with E-state index in [0.717, 1.165) is 33.3 Å². The van der Waals surface area contributed by atoms with Gasteiger partial charge in [0.1, 0.15) is 6.04 Å². The van der Waals surface area contributed by atoms with Gasteiger partial charge in [-0.3, -0.25) is 9.59 Å². The monoisotopic (exact) mass is 419 g/mol. The van der Waals surface area contributed by atoms with Crippen LogP contribution in [0.5, 0.6) is 0 Å². The van der Waals surface area contributed by atoms with E-state index >= 15 is 0 Å². The minimum absolute atomic E-state index is 0.00247. The fraction of sp³-hybridized carbons (Fsp3) is 0.292. The van der Waals surface area contributed by atoms with Gasteiger partial charge < -0.3 is 5.32 Å². The highest BCUT2D eigenvalue weighted by Crippen LogP contribution is 2.32. The average molecular weight is 420 g/mol. The van der Waals surface area contributed by atoms with Crippen molar-refractivity contribution in [2.24, 2.45) is 0 Å². The van der Waals surface area contributed by atoms with Crippen LogP contribution in [0.25, 0.3) is 20.2 Å². The van der Waals surface area contributed by atoms with Crippen molar-refractivity contribution in [1.82, 2.24) is 15.1 Å². The van der Waals surface area contributed by atoms with Gasteiger partial charge in [0, 0.05) is 16.1 Å². The number of amides is 1. The largest absolute Gasteiger partial charge is 0.352 e. The summed E-state index contributed by atoms with van der Waals surface area (Å²) < 4.78 is 3.27. The van der Waals surface area contributed by atoms with Crippen molar-refractivity contribution < 1.29 is 4.79 Å². The van der Waals surface area contributed by atoms with Crippen LogP contribution in [0.4, 0.5) is 0 Å². The molecule has 5 nitrogen and oxygen atoms in total. The molecule has 0 saturated carbocycles. The first-order chi connectivity index (χ1) is 14.5. The second-order valence-corrected chi connectivity index (χ2v) is 8.80. The normalized spacial score (nSPS) is 13.4. The number of aromatic nitrogens is 2. The molecule has 0 fully saturated rings. The Bertz CT molecular complexity index is 1260. The van der Waals surface area contributed by atoms with Crippen molar-refractivity contribution in [3.8, 4) is 0 Å². The Morgan fingerprint density at radius 1 is 1.10 bits per heavy atom. The van der Waals surface area contributed by atoms with Crippen LogP contribution in [-0.2, 0) is 11.2 Å². The maximum absolute atomic E-state index is 13.2. The van der Waals surface area contributed by atoms with E-state index in [1.165, 1.54) is 10.2 Å². The van der Waals surface area contributed by atoms with Crippen molar-refractivity contribution in [3.63, 3.8) is 0 Å². The van der Waals surface area contributed by atoms with E-state index in [-0.39, 0.29) is 17.5 Å². The fourth-order valence-electron chi connectivity index (χ4n) is 3.72. The molecule has 0 saturated heterocycles. The minimum atomic E-state index is -0.682. The maximum Gasteiger partial charge on any atom is 0.276 e. The first kappa shape index (κ1) is 20.3. The number of nitrogens with one attached hydrogen (secondary N) is 1. The third kappa shape index (κ3) is 3.87. The van der Waals surface area contributed by atoms with E-state index in [1.54, 1.807) is 18.3 Å². The zero-order valence-corrected chi connectivity index (χ0v) is 18.2. The predicted molar refractivity (Wildman–Crippen MR) is 123 cm³/mol. The highest BCUT2D eigenvalue weighted by molar-refractivity contribution is 7.26. The van der Waals surface area contributed by atoms with Crippen LogP contribution in [0.3, 0.4) is 0 Å². The van der Waals surface area contributed by atoms with Crippen molar-refractivity contribution in [3.05, 3.63) is 76.2 Å². The quantitative estimate of drug-likeness (QED) is 0.496. The lowest BCUT2D eigenvalue weighted by molar-refractivity contribution is -0.124. The summed E-state index contributed by atoms with van der Waals surface area (Å²) in [6.07, 6.45) is 1.72. The third-order valence-electron chi connectivity index (χ3n) is 5.45. The van der Waals surface area contributed by atoms with Crippen molar-refractivity contribution in [2.45, 2.75) is 45.7 Å². The number of carbonyl (C=O) groups is 1. The van der Waals surface area contributed by atoms with Gasteiger partial charge in [0.05, 0.1) is 15.8 Å². The molecule has 0 bridgehead atoms. The summed E-state index contributed by atoms with van der Waals surface area (Å²) in [6, 6.07) is 17.4. The van der Waals surface area contributed by atoms with E-state index in [2.05, 4.69) is 22.5 Å². The zero-order chi connectivity index (χ0) is 21.3. The summed E-state index contributed by atoms with van der Waals surface area (Å²) >= 11 is 1.57. The molecule has 0 aliphatic rings. The van der Waals surface area contributed by atoms with Crippen LogP contribution >= 0.6 is 11.3 Å². The maximum atomic E-state index is 13.2. The highest BCUT2D eigenvalue weighted by atomic mass is 32.1. The Hall–Kier alpha value is -2.99. The number of hydrogen-bond donors (Lipinski definition) is 1. The van der Waals surface area contributed by atoms with Crippen LogP contribution in [0.15, 0.2) is 59.4 Å². The lowest BCUT2D eigenvalue weighted by Gasteiger charge is -2.19. The molecule has 2 heterocycles. The number of fused-ring (bicyclic) bond motifs is 3.